The van der Waals surface area contributed by atoms with Crippen molar-refractivity contribution in [1.29, 1.82) is 0 Å². The van der Waals surface area contributed by atoms with Crippen molar-refractivity contribution in [2.75, 3.05) is 40.9 Å². The number of nitrogens with one attached hydrogen (secondary N) is 1. The Balaban J connectivity index is 4.10. The number of phosphoric acid groups is 1. The van der Waals surface area contributed by atoms with Crippen LogP contribution in [0.4, 0.5) is 0 Å². The lowest BCUT2D eigenvalue weighted by Gasteiger charge is -2.29. The van der Waals surface area contributed by atoms with Crippen LogP contribution in [-0.2, 0) is 18.4 Å². The number of hydrogen-bond donors (Lipinski definition) is 2. The summed E-state index contributed by atoms with van der Waals surface area (Å²) < 4.78 is 23.4. The van der Waals surface area contributed by atoms with E-state index in [2.05, 4.69) is 67.8 Å². The highest BCUT2D eigenvalue weighted by Crippen LogP contribution is 2.38. The first-order valence-corrected chi connectivity index (χ1v) is 34.6. The zero-order valence-corrected chi connectivity index (χ0v) is 52.6. The second kappa shape index (κ2) is 58.8. The van der Waals surface area contributed by atoms with Crippen LogP contribution >= 0.6 is 7.82 Å². The molecule has 0 saturated carbocycles. The maximum atomic E-state index is 13.0. The fourth-order valence-electron chi connectivity index (χ4n) is 9.77. The molecule has 0 aromatic carbocycles. The molecule has 0 bridgehead atoms. The standard InChI is InChI=1S/C68H129N2O6P/c1-6-8-10-12-14-16-18-20-22-24-26-28-30-31-32-33-34-35-36-37-38-39-40-42-44-46-48-50-52-54-56-58-60-62-68(72)69-66(65-76-77(73,74)75-64-63-70(3,4)5)67(71)61-59-57-55-53-51-49-47-45-43-41-29-27-25-23-21-19-17-15-13-11-9-7-2/h18,20,24,26,30-31,51,53,59,61,66-67,71H,6-17,19,21-23,25,27-29,32-50,52,54-58,60,62-65H2,1-5H3,(H-,69,72,73,74)/b20-18-,26-24-,31-30-,53-51+,61-59+. The molecule has 0 saturated heterocycles. The van der Waals surface area contributed by atoms with E-state index in [1.165, 1.54) is 244 Å². The molecule has 0 fully saturated rings. The molecule has 0 aromatic rings. The summed E-state index contributed by atoms with van der Waals surface area (Å²) in [6.45, 7) is 4.65. The van der Waals surface area contributed by atoms with Gasteiger partial charge in [-0.25, -0.2) is 0 Å². The van der Waals surface area contributed by atoms with Crippen LogP contribution in [0.25, 0.3) is 0 Å². The van der Waals surface area contributed by atoms with Gasteiger partial charge in [-0.15, -0.1) is 0 Å². The summed E-state index contributed by atoms with van der Waals surface area (Å²) in [6.07, 6.45) is 80.4. The second-order valence-corrected chi connectivity index (χ2v) is 25.2. The Hall–Kier alpha value is -1.80. The monoisotopic (exact) mass is 1100 g/mol. The van der Waals surface area contributed by atoms with Gasteiger partial charge in [-0.2, -0.15) is 0 Å². The van der Waals surface area contributed by atoms with E-state index in [0.717, 1.165) is 51.4 Å². The number of carbonyl (C=O) groups is 1. The zero-order chi connectivity index (χ0) is 56.3. The first kappa shape index (κ1) is 75.2. The van der Waals surface area contributed by atoms with Crippen molar-refractivity contribution in [3.63, 3.8) is 0 Å². The number of nitrogens with zero attached hydrogens (tertiary/aromatic N) is 1. The van der Waals surface area contributed by atoms with Crippen molar-refractivity contribution < 1.29 is 32.9 Å². The molecule has 0 aromatic heterocycles. The number of likely N-dealkylation sites (N-methyl/N-ethyl adjacent to an activating group) is 1. The lowest BCUT2D eigenvalue weighted by Crippen LogP contribution is -2.45. The molecule has 0 rings (SSSR count). The Kier molecular flexibility index (Phi) is 57.5. The van der Waals surface area contributed by atoms with Gasteiger partial charge < -0.3 is 28.8 Å². The Morgan fingerprint density at radius 1 is 0.455 bits per heavy atom. The number of carbonyl (C=O) groups excluding carboxylic acids is 1. The van der Waals surface area contributed by atoms with Crippen molar-refractivity contribution in [2.24, 2.45) is 0 Å². The number of allylic oxidation sites excluding steroid dienone is 9. The molecule has 0 aliphatic heterocycles. The summed E-state index contributed by atoms with van der Waals surface area (Å²) in [6, 6.07) is -0.905. The highest BCUT2D eigenvalue weighted by Gasteiger charge is 2.23. The zero-order valence-electron chi connectivity index (χ0n) is 51.7. The summed E-state index contributed by atoms with van der Waals surface area (Å²) in [5.74, 6) is -0.203. The molecule has 0 aliphatic rings. The van der Waals surface area contributed by atoms with E-state index < -0.39 is 26.6 Å². The van der Waals surface area contributed by atoms with Crippen LogP contribution in [0, 0.1) is 0 Å². The van der Waals surface area contributed by atoms with Gasteiger partial charge in [-0.1, -0.05) is 299 Å². The minimum atomic E-state index is -4.61. The molecule has 2 N–H and O–H groups in total. The van der Waals surface area contributed by atoms with Crippen molar-refractivity contribution in [3.05, 3.63) is 60.8 Å². The van der Waals surface area contributed by atoms with E-state index in [-0.39, 0.29) is 12.5 Å². The molecule has 0 spiro atoms. The van der Waals surface area contributed by atoms with Crippen LogP contribution in [-0.4, -0.2) is 68.5 Å². The van der Waals surface area contributed by atoms with Crippen LogP contribution in [0.1, 0.15) is 316 Å². The number of quaternary nitrogens is 1. The second-order valence-electron chi connectivity index (χ2n) is 23.8. The molecule has 452 valence electrons. The molecule has 0 radical (unpaired) electrons. The molecular weight excluding hydrogens is 972 g/mol. The van der Waals surface area contributed by atoms with Gasteiger partial charge in [0.15, 0.2) is 0 Å². The quantitative estimate of drug-likeness (QED) is 0.0272. The van der Waals surface area contributed by atoms with Crippen LogP contribution in [0.2, 0.25) is 0 Å². The molecule has 8 nitrogen and oxygen atoms in total. The topological polar surface area (TPSA) is 108 Å². The Bertz CT molecular complexity index is 1440. The molecule has 3 unspecified atom stereocenters. The lowest BCUT2D eigenvalue weighted by molar-refractivity contribution is -0.870. The fraction of sp³-hybridized carbons (Fsp3) is 0.838. The SMILES string of the molecule is CCCCCCC/C=C\C/C=C\C/C=C\CCCCCCCCCCCCCCCCCCCCC(=O)NC(COP(=O)([O-])OCC[N+](C)(C)C)C(O)/C=C/CC/C=C/CCCCCCCCCCCCCCCCCC. The third-order valence-electron chi connectivity index (χ3n) is 14.9. The Morgan fingerprint density at radius 2 is 0.766 bits per heavy atom. The summed E-state index contributed by atoms with van der Waals surface area (Å²) in [7, 11) is 1.25. The van der Waals surface area contributed by atoms with Gasteiger partial charge in [0.05, 0.1) is 39.9 Å². The number of amides is 1. The van der Waals surface area contributed by atoms with Gasteiger partial charge in [-0.3, -0.25) is 9.36 Å². The number of phosphoric ester groups is 1. The number of aliphatic hydroxyl groups is 1. The van der Waals surface area contributed by atoms with Crippen molar-refractivity contribution in [3.8, 4) is 0 Å². The highest BCUT2D eigenvalue weighted by atomic mass is 31.2. The Labute approximate surface area is 479 Å². The smallest absolute Gasteiger partial charge is 0.268 e. The summed E-state index contributed by atoms with van der Waals surface area (Å²) in [4.78, 5) is 25.6. The molecule has 9 heteroatoms. The maximum Gasteiger partial charge on any atom is 0.268 e. The van der Waals surface area contributed by atoms with Gasteiger partial charge in [-0.05, 0) is 70.6 Å². The van der Waals surface area contributed by atoms with Crippen LogP contribution in [0.5, 0.6) is 0 Å². The van der Waals surface area contributed by atoms with Crippen LogP contribution in [0.3, 0.4) is 0 Å². The number of aliphatic hydroxyl groups excluding tert-OH is 1. The predicted molar refractivity (Wildman–Crippen MR) is 334 cm³/mol. The average molecular weight is 1100 g/mol. The molecule has 0 heterocycles. The minimum Gasteiger partial charge on any atom is -0.756 e. The van der Waals surface area contributed by atoms with Gasteiger partial charge in [0, 0.05) is 6.42 Å². The molecule has 1 amide bonds. The molecule has 77 heavy (non-hydrogen) atoms. The van der Waals surface area contributed by atoms with Crippen molar-refractivity contribution in [1.82, 2.24) is 5.32 Å². The molecule has 3 atom stereocenters. The van der Waals surface area contributed by atoms with E-state index in [1.54, 1.807) is 6.08 Å². The predicted octanol–water partition coefficient (Wildman–Crippen LogP) is 20.2. The third-order valence-corrected chi connectivity index (χ3v) is 15.9. The van der Waals surface area contributed by atoms with Crippen LogP contribution < -0.4 is 10.2 Å². The van der Waals surface area contributed by atoms with Crippen LogP contribution in [0.15, 0.2) is 60.8 Å². The van der Waals surface area contributed by atoms with Gasteiger partial charge in [0.25, 0.3) is 7.82 Å². The number of rotatable bonds is 61. The molecular formula is C68H129N2O6P. The van der Waals surface area contributed by atoms with Gasteiger partial charge in [0.1, 0.15) is 13.2 Å². The fourth-order valence-corrected chi connectivity index (χ4v) is 10.5. The normalized spacial score (nSPS) is 14.1. The minimum absolute atomic E-state index is 0.00638. The van der Waals surface area contributed by atoms with E-state index in [9.17, 15) is 19.4 Å². The number of unbranched alkanes of at least 4 members (excludes halogenated alkanes) is 40. The summed E-state index contributed by atoms with van der Waals surface area (Å²) in [5.41, 5.74) is 0. The van der Waals surface area contributed by atoms with Gasteiger partial charge >= 0.3 is 0 Å². The Morgan fingerprint density at radius 3 is 1.14 bits per heavy atom. The third kappa shape index (κ3) is 61.7. The largest absolute Gasteiger partial charge is 0.756 e. The highest BCUT2D eigenvalue weighted by molar-refractivity contribution is 7.45. The average Bonchev–Trinajstić information content (AvgIpc) is 3.39. The summed E-state index contributed by atoms with van der Waals surface area (Å²) in [5, 5.41) is 13.9. The van der Waals surface area contributed by atoms with E-state index >= 15 is 0 Å². The van der Waals surface area contributed by atoms with E-state index in [1.807, 2.05) is 27.2 Å². The first-order chi connectivity index (χ1) is 37.5. The lowest BCUT2D eigenvalue weighted by atomic mass is 10.0. The van der Waals surface area contributed by atoms with Crippen molar-refractivity contribution in [2.45, 2.75) is 328 Å². The van der Waals surface area contributed by atoms with E-state index in [0.29, 0.717) is 17.4 Å². The summed E-state index contributed by atoms with van der Waals surface area (Å²) >= 11 is 0. The van der Waals surface area contributed by atoms with E-state index in [4.69, 9.17) is 9.05 Å². The van der Waals surface area contributed by atoms with Crippen molar-refractivity contribution >= 4 is 13.7 Å². The first-order valence-electron chi connectivity index (χ1n) is 33.2. The number of hydrogen-bond acceptors (Lipinski definition) is 6. The molecule has 0 aliphatic carbocycles. The maximum absolute atomic E-state index is 13.0. The van der Waals surface area contributed by atoms with Gasteiger partial charge in [0.2, 0.25) is 5.91 Å².